The number of aryl methyl sites for hydroxylation is 2. The number of imidazole rings is 1. The SMILES string of the molecule is CCc1ccc(-c2nc(C(C)F)c(C)[nH]2)cc1Cl. The molecular weight excluding hydrogens is 251 g/mol. The molecule has 2 nitrogen and oxygen atoms in total. The van der Waals surface area contributed by atoms with Gasteiger partial charge in [0.2, 0.25) is 0 Å². The zero-order chi connectivity index (χ0) is 13.3. The van der Waals surface area contributed by atoms with E-state index in [0.717, 1.165) is 28.3 Å². The van der Waals surface area contributed by atoms with Crippen LogP contribution in [-0.2, 0) is 6.42 Å². The number of benzene rings is 1. The fourth-order valence-corrected chi connectivity index (χ4v) is 2.29. The summed E-state index contributed by atoms with van der Waals surface area (Å²) in [5.41, 5.74) is 3.20. The molecule has 1 atom stereocenters. The smallest absolute Gasteiger partial charge is 0.141 e. The summed E-state index contributed by atoms with van der Waals surface area (Å²) in [5.74, 6) is 0.663. The Labute approximate surface area is 111 Å². The van der Waals surface area contributed by atoms with E-state index >= 15 is 0 Å². The van der Waals surface area contributed by atoms with Crippen LogP contribution in [0.15, 0.2) is 18.2 Å². The number of halogens is 2. The lowest BCUT2D eigenvalue weighted by atomic mass is 10.1. The Kier molecular flexibility index (Phi) is 3.71. The fourth-order valence-electron chi connectivity index (χ4n) is 1.98. The number of H-pyrrole nitrogens is 1. The first-order valence-corrected chi connectivity index (χ1v) is 6.40. The summed E-state index contributed by atoms with van der Waals surface area (Å²) in [5, 5.41) is 0.721. The van der Waals surface area contributed by atoms with Crippen molar-refractivity contribution >= 4 is 11.6 Å². The van der Waals surface area contributed by atoms with Gasteiger partial charge in [-0.05, 0) is 31.9 Å². The molecule has 1 aromatic carbocycles. The molecule has 2 rings (SSSR count). The largest absolute Gasteiger partial charge is 0.342 e. The molecule has 0 aliphatic rings. The second-order valence-electron chi connectivity index (χ2n) is 4.37. The highest BCUT2D eigenvalue weighted by atomic mass is 35.5. The molecule has 96 valence electrons. The Morgan fingerprint density at radius 1 is 1.44 bits per heavy atom. The van der Waals surface area contributed by atoms with Crippen molar-refractivity contribution in [1.29, 1.82) is 0 Å². The van der Waals surface area contributed by atoms with Gasteiger partial charge < -0.3 is 4.98 Å². The van der Waals surface area contributed by atoms with E-state index in [9.17, 15) is 4.39 Å². The van der Waals surface area contributed by atoms with Crippen molar-refractivity contribution in [3.05, 3.63) is 40.2 Å². The van der Waals surface area contributed by atoms with Gasteiger partial charge in [0.25, 0.3) is 0 Å². The summed E-state index contributed by atoms with van der Waals surface area (Å²) < 4.78 is 13.3. The van der Waals surface area contributed by atoms with E-state index in [2.05, 4.69) is 16.9 Å². The van der Waals surface area contributed by atoms with E-state index < -0.39 is 6.17 Å². The van der Waals surface area contributed by atoms with Gasteiger partial charge in [-0.3, -0.25) is 0 Å². The maximum absolute atomic E-state index is 13.3. The summed E-state index contributed by atoms with van der Waals surface area (Å²) in [4.78, 5) is 7.38. The second kappa shape index (κ2) is 5.11. The maximum Gasteiger partial charge on any atom is 0.141 e. The maximum atomic E-state index is 13.3. The molecule has 0 fully saturated rings. The highest BCUT2D eigenvalue weighted by molar-refractivity contribution is 6.31. The van der Waals surface area contributed by atoms with Crippen LogP contribution >= 0.6 is 11.6 Å². The quantitative estimate of drug-likeness (QED) is 0.862. The highest BCUT2D eigenvalue weighted by Crippen LogP contribution is 2.27. The van der Waals surface area contributed by atoms with Crippen molar-refractivity contribution in [2.24, 2.45) is 0 Å². The number of hydrogen-bond acceptors (Lipinski definition) is 1. The minimum atomic E-state index is -1.07. The lowest BCUT2D eigenvalue weighted by molar-refractivity contribution is 0.365. The standard InChI is InChI=1S/C14H16ClFN2/c1-4-10-5-6-11(7-12(10)15)14-17-9(3)13(18-14)8(2)16/h5-8H,4H2,1-3H3,(H,17,18). The molecule has 0 saturated carbocycles. The first-order valence-electron chi connectivity index (χ1n) is 6.02. The van der Waals surface area contributed by atoms with Gasteiger partial charge in [0.05, 0.1) is 5.69 Å². The van der Waals surface area contributed by atoms with Crippen LogP contribution in [0.5, 0.6) is 0 Å². The van der Waals surface area contributed by atoms with E-state index in [1.807, 2.05) is 25.1 Å². The van der Waals surface area contributed by atoms with Gasteiger partial charge in [-0.25, -0.2) is 9.37 Å². The minimum Gasteiger partial charge on any atom is -0.342 e. The third-order valence-corrected chi connectivity index (χ3v) is 3.36. The summed E-state index contributed by atoms with van der Waals surface area (Å²) in [6.45, 7) is 5.37. The van der Waals surface area contributed by atoms with E-state index in [4.69, 9.17) is 11.6 Å². The van der Waals surface area contributed by atoms with E-state index in [1.54, 1.807) is 0 Å². The number of aromatic amines is 1. The topological polar surface area (TPSA) is 28.7 Å². The van der Waals surface area contributed by atoms with Crippen LogP contribution in [0.25, 0.3) is 11.4 Å². The Balaban J connectivity index is 2.43. The van der Waals surface area contributed by atoms with E-state index in [1.165, 1.54) is 6.92 Å². The van der Waals surface area contributed by atoms with Gasteiger partial charge in [-0.1, -0.05) is 30.7 Å². The molecule has 0 saturated heterocycles. The molecule has 1 unspecified atom stereocenters. The third-order valence-electron chi connectivity index (χ3n) is 3.01. The van der Waals surface area contributed by atoms with Crippen molar-refractivity contribution in [3.63, 3.8) is 0 Å². The lowest BCUT2D eigenvalue weighted by Crippen LogP contribution is -1.88. The molecular formula is C14H16ClFN2. The Morgan fingerprint density at radius 3 is 2.67 bits per heavy atom. The highest BCUT2D eigenvalue weighted by Gasteiger charge is 2.14. The van der Waals surface area contributed by atoms with Crippen LogP contribution in [0.4, 0.5) is 4.39 Å². The van der Waals surface area contributed by atoms with Crippen molar-refractivity contribution in [1.82, 2.24) is 9.97 Å². The molecule has 1 N–H and O–H groups in total. The molecule has 0 radical (unpaired) electrons. The second-order valence-corrected chi connectivity index (χ2v) is 4.78. The summed E-state index contributed by atoms with van der Waals surface area (Å²) in [6, 6.07) is 5.80. The first kappa shape index (κ1) is 13.1. The van der Waals surface area contributed by atoms with Gasteiger partial charge in [0.1, 0.15) is 12.0 Å². The Hall–Kier alpha value is -1.35. The Morgan fingerprint density at radius 2 is 2.17 bits per heavy atom. The summed E-state index contributed by atoms with van der Waals surface area (Å²) in [7, 11) is 0. The van der Waals surface area contributed by atoms with Crippen LogP contribution in [0.1, 0.15) is 37.0 Å². The molecule has 18 heavy (non-hydrogen) atoms. The molecule has 1 heterocycles. The van der Waals surface area contributed by atoms with Gasteiger partial charge in [0, 0.05) is 16.3 Å². The van der Waals surface area contributed by atoms with Gasteiger partial charge in [-0.15, -0.1) is 0 Å². The predicted molar refractivity (Wildman–Crippen MR) is 72.7 cm³/mol. The average Bonchev–Trinajstić information content (AvgIpc) is 2.71. The lowest BCUT2D eigenvalue weighted by Gasteiger charge is -2.03. The number of rotatable bonds is 3. The van der Waals surface area contributed by atoms with E-state index in [-0.39, 0.29) is 0 Å². The zero-order valence-corrected chi connectivity index (χ0v) is 11.5. The van der Waals surface area contributed by atoms with Crippen LogP contribution in [0, 0.1) is 6.92 Å². The predicted octanol–water partition coefficient (Wildman–Crippen LogP) is 4.63. The number of aromatic nitrogens is 2. The van der Waals surface area contributed by atoms with Gasteiger partial charge >= 0.3 is 0 Å². The summed E-state index contributed by atoms with van der Waals surface area (Å²) >= 11 is 6.17. The number of nitrogens with one attached hydrogen (secondary N) is 1. The van der Waals surface area contributed by atoms with Crippen molar-refractivity contribution in [3.8, 4) is 11.4 Å². The molecule has 0 spiro atoms. The molecule has 0 bridgehead atoms. The summed E-state index contributed by atoms with van der Waals surface area (Å²) in [6.07, 6.45) is -0.177. The van der Waals surface area contributed by atoms with Crippen LogP contribution in [0.2, 0.25) is 5.02 Å². The molecule has 0 aliphatic heterocycles. The minimum absolute atomic E-state index is 0.459. The molecule has 2 aromatic rings. The molecule has 0 amide bonds. The molecule has 4 heteroatoms. The average molecular weight is 267 g/mol. The van der Waals surface area contributed by atoms with Gasteiger partial charge in [0.15, 0.2) is 0 Å². The van der Waals surface area contributed by atoms with Crippen molar-refractivity contribution < 1.29 is 4.39 Å². The normalized spacial score (nSPS) is 12.7. The third kappa shape index (κ3) is 2.41. The van der Waals surface area contributed by atoms with Crippen molar-refractivity contribution in [2.75, 3.05) is 0 Å². The van der Waals surface area contributed by atoms with Gasteiger partial charge in [-0.2, -0.15) is 0 Å². The first-order chi connectivity index (χ1) is 8.52. The monoisotopic (exact) mass is 266 g/mol. The van der Waals surface area contributed by atoms with Crippen LogP contribution in [0.3, 0.4) is 0 Å². The molecule has 0 aliphatic carbocycles. The van der Waals surface area contributed by atoms with Crippen LogP contribution in [-0.4, -0.2) is 9.97 Å². The molecule has 1 aromatic heterocycles. The number of hydrogen-bond donors (Lipinski definition) is 1. The Bertz CT molecular complexity index is 561. The van der Waals surface area contributed by atoms with E-state index in [0.29, 0.717) is 11.5 Å². The van der Waals surface area contributed by atoms with Crippen LogP contribution < -0.4 is 0 Å². The zero-order valence-electron chi connectivity index (χ0n) is 10.7. The fraction of sp³-hybridized carbons (Fsp3) is 0.357. The number of alkyl halides is 1. The van der Waals surface area contributed by atoms with Crippen molar-refractivity contribution in [2.45, 2.75) is 33.4 Å². The number of nitrogens with zero attached hydrogens (tertiary/aromatic N) is 1.